The molecule has 0 fully saturated rings. The number of hydrogen-bond donors (Lipinski definition) is 1. The second-order valence-electron chi connectivity index (χ2n) is 6.48. The summed E-state index contributed by atoms with van der Waals surface area (Å²) >= 11 is 1.59. The van der Waals surface area contributed by atoms with E-state index in [0.717, 1.165) is 33.1 Å². The van der Waals surface area contributed by atoms with Crippen molar-refractivity contribution in [2.45, 2.75) is 27.2 Å². The molecule has 0 radical (unpaired) electrons. The van der Waals surface area contributed by atoms with Gasteiger partial charge in [0.2, 0.25) is 5.91 Å². The van der Waals surface area contributed by atoms with Crippen LogP contribution in [-0.4, -0.2) is 25.5 Å². The number of hydrogen-bond acceptors (Lipinski definition) is 5. The van der Waals surface area contributed by atoms with Gasteiger partial charge in [0.1, 0.15) is 0 Å². The zero-order valence-corrected chi connectivity index (χ0v) is 16.2. The minimum Gasteiger partial charge on any atom is -0.326 e. The zero-order valence-electron chi connectivity index (χ0n) is 15.4. The van der Waals surface area contributed by atoms with Crippen LogP contribution in [0.15, 0.2) is 41.8 Å². The largest absolute Gasteiger partial charge is 0.326 e. The average molecular weight is 377 g/mol. The molecule has 3 heterocycles. The first-order valence-corrected chi connectivity index (χ1v) is 9.52. The van der Waals surface area contributed by atoms with Gasteiger partial charge in [0.15, 0.2) is 5.82 Å². The molecule has 3 aromatic heterocycles. The Hall–Kier alpha value is -3.06. The molecule has 0 bridgehead atoms. The number of benzene rings is 1. The van der Waals surface area contributed by atoms with Gasteiger partial charge in [-0.15, -0.1) is 16.4 Å². The number of nitrogens with one attached hydrogen (secondary N) is 1. The third kappa shape index (κ3) is 3.46. The smallest absolute Gasteiger partial charge is 0.253 e. The third-order valence-corrected chi connectivity index (χ3v) is 5.33. The van der Waals surface area contributed by atoms with E-state index in [1.807, 2.05) is 62.5 Å². The minimum absolute atomic E-state index is 0.0789. The van der Waals surface area contributed by atoms with E-state index in [0.29, 0.717) is 11.6 Å². The van der Waals surface area contributed by atoms with Crippen molar-refractivity contribution in [2.75, 3.05) is 5.32 Å². The van der Waals surface area contributed by atoms with Crippen molar-refractivity contribution in [1.82, 2.24) is 19.6 Å². The highest BCUT2D eigenvalue weighted by Crippen LogP contribution is 2.23. The Morgan fingerprint density at radius 3 is 2.59 bits per heavy atom. The highest BCUT2D eigenvalue weighted by molar-refractivity contribution is 7.13. The van der Waals surface area contributed by atoms with Crippen LogP contribution < -0.4 is 5.32 Å². The van der Waals surface area contributed by atoms with E-state index in [1.165, 1.54) is 0 Å². The quantitative estimate of drug-likeness (QED) is 0.584. The number of nitrogens with zero attached hydrogens (tertiary/aromatic N) is 4. The molecule has 6 nitrogen and oxygen atoms in total. The average Bonchev–Trinajstić information content (AvgIpc) is 3.30. The number of amides is 1. The number of fused-ring (bicyclic) bond motifs is 1. The molecule has 0 saturated carbocycles. The van der Waals surface area contributed by atoms with Crippen molar-refractivity contribution in [3.8, 4) is 10.7 Å². The number of carbonyl (C=O) groups is 1. The lowest BCUT2D eigenvalue weighted by Gasteiger charge is -2.11. The molecule has 0 aliphatic heterocycles. The molecule has 136 valence electrons. The van der Waals surface area contributed by atoms with Crippen LogP contribution in [0, 0.1) is 20.8 Å². The molecule has 0 aliphatic carbocycles. The minimum atomic E-state index is -0.0789. The molecule has 1 N–H and O–H groups in total. The van der Waals surface area contributed by atoms with Crippen LogP contribution in [-0.2, 0) is 11.2 Å². The first-order chi connectivity index (χ1) is 13.0. The number of rotatable bonds is 4. The number of carbonyl (C=O) groups excluding carboxylic acids is 1. The van der Waals surface area contributed by atoms with Crippen LogP contribution in [0.3, 0.4) is 0 Å². The fourth-order valence-electron chi connectivity index (χ4n) is 2.98. The molecular weight excluding hydrogens is 358 g/mol. The Bertz CT molecular complexity index is 1110. The molecule has 0 saturated heterocycles. The first kappa shape index (κ1) is 17.4. The van der Waals surface area contributed by atoms with E-state index in [2.05, 4.69) is 20.4 Å². The first-order valence-electron chi connectivity index (χ1n) is 8.64. The number of anilines is 1. The van der Waals surface area contributed by atoms with E-state index in [4.69, 9.17) is 0 Å². The Labute approximate surface area is 160 Å². The van der Waals surface area contributed by atoms with Crippen LogP contribution in [0.25, 0.3) is 16.5 Å². The van der Waals surface area contributed by atoms with Gasteiger partial charge in [-0.25, -0.2) is 9.50 Å². The van der Waals surface area contributed by atoms with Crippen molar-refractivity contribution in [3.05, 3.63) is 64.3 Å². The molecule has 0 spiro atoms. The summed E-state index contributed by atoms with van der Waals surface area (Å²) < 4.78 is 1.72. The van der Waals surface area contributed by atoms with Crippen LogP contribution in [0.4, 0.5) is 5.69 Å². The van der Waals surface area contributed by atoms with Gasteiger partial charge in [-0.05, 0) is 44.4 Å². The number of thiophene rings is 1. The van der Waals surface area contributed by atoms with Crippen molar-refractivity contribution < 1.29 is 4.79 Å². The highest BCUT2D eigenvalue weighted by atomic mass is 32.1. The van der Waals surface area contributed by atoms with Crippen molar-refractivity contribution >= 4 is 28.7 Å². The predicted octanol–water partition coefficient (Wildman–Crippen LogP) is 3.96. The highest BCUT2D eigenvalue weighted by Gasteiger charge is 2.17. The summed E-state index contributed by atoms with van der Waals surface area (Å²) in [6.45, 7) is 5.87. The maximum Gasteiger partial charge on any atom is 0.253 e. The van der Waals surface area contributed by atoms with Gasteiger partial charge in [0.05, 0.1) is 11.3 Å². The summed E-state index contributed by atoms with van der Waals surface area (Å²) in [5.74, 6) is 1.13. The second kappa shape index (κ2) is 6.92. The summed E-state index contributed by atoms with van der Waals surface area (Å²) in [7, 11) is 0. The predicted molar refractivity (Wildman–Crippen MR) is 107 cm³/mol. The lowest BCUT2D eigenvalue weighted by Crippen LogP contribution is -2.17. The van der Waals surface area contributed by atoms with E-state index >= 15 is 0 Å². The Kier molecular flexibility index (Phi) is 4.45. The summed E-state index contributed by atoms with van der Waals surface area (Å²) in [4.78, 5) is 22.6. The van der Waals surface area contributed by atoms with Crippen LogP contribution in [0.2, 0.25) is 0 Å². The van der Waals surface area contributed by atoms with Crippen molar-refractivity contribution in [2.24, 2.45) is 0 Å². The van der Waals surface area contributed by atoms with Gasteiger partial charge in [0, 0.05) is 22.6 Å². The third-order valence-electron chi connectivity index (χ3n) is 4.46. The summed E-state index contributed by atoms with van der Waals surface area (Å²) in [5, 5.41) is 9.51. The Morgan fingerprint density at radius 1 is 1.11 bits per heavy atom. The summed E-state index contributed by atoms with van der Waals surface area (Å²) in [6, 6.07) is 11.7. The van der Waals surface area contributed by atoms with E-state index in [1.54, 1.807) is 15.9 Å². The molecule has 4 aromatic rings. The lowest BCUT2D eigenvalue weighted by molar-refractivity contribution is -0.115. The van der Waals surface area contributed by atoms with Gasteiger partial charge in [-0.2, -0.15) is 4.98 Å². The number of aromatic nitrogens is 4. The lowest BCUT2D eigenvalue weighted by atomic mass is 10.1. The molecule has 4 rings (SSSR count). The topological polar surface area (TPSA) is 72.2 Å². The molecule has 27 heavy (non-hydrogen) atoms. The molecule has 0 atom stereocenters. The normalized spacial score (nSPS) is 11.1. The van der Waals surface area contributed by atoms with Crippen LogP contribution in [0.1, 0.15) is 22.5 Å². The molecule has 0 aliphatic rings. The van der Waals surface area contributed by atoms with Crippen molar-refractivity contribution in [1.29, 1.82) is 0 Å². The molecule has 1 amide bonds. The van der Waals surface area contributed by atoms with Gasteiger partial charge >= 0.3 is 0 Å². The van der Waals surface area contributed by atoms with Crippen LogP contribution >= 0.6 is 11.3 Å². The summed E-state index contributed by atoms with van der Waals surface area (Å²) in [5.41, 5.74) is 4.49. The summed E-state index contributed by atoms with van der Waals surface area (Å²) in [6.07, 6.45) is 0.239. The maximum absolute atomic E-state index is 12.5. The fourth-order valence-corrected chi connectivity index (χ4v) is 3.63. The molecule has 1 aromatic carbocycles. The molecule has 0 unspecified atom stereocenters. The van der Waals surface area contributed by atoms with Gasteiger partial charge < -0.3 is 5.32 Å². The van der Waals surface area contributed by atoms with Gasteiger partial charge in [-0.3, -0.25) is 4.79 Å². The second-order valence-corrected chi connectivity index (χ2v) is 7.42. The number of aryl methyl sites for hydroxylation is 3. The molecular formula is C20H19N5OS. The fraction of sp³-hybridized carbons (Fsp3) is 0.200. The maximum atomic E-state index is 12.5. The van der Waals surface area contributed by atoms with E-state index in [-0.39, 0.29) is 12.3 Å². The Balaban J connectivity index is 1.63. The van der Waals surface area contributed by atoms with Gasteiger partial charge in [-0.1, -0.05) is 23.8 Å². The van der Waals surface area contributed by atoms with Crippen LogP contribution in [0.5, 0.6) is 0 Å². The SMILES string of the molecule is Cc1ccc(NC(=O)Cc2c(C)nc3nc(-c4cccs4)nn3c2C)cc1. The Morgan fingerprint density at radius 2 is 1.89 bits per heavy atom. The zero-order chi connectivity index (χ0) is 19.0. The van der Waals surface area contributed by atoms with Gasteiger partial charge in [0.25, 0.3) is 5.78 Å². The standard InChI is InChI=1S/C20H19N5OS/c1-12-6-8-15(9-7-12)22-18(26)11-16-13(2)21-20-23-19(17-5-4-10-27-17)24-25(20)14(16)3/h4-10H,11H2,1-3H3,(H,22,26). The van der Waals surface area contributed by atoms with E-state index in [9.17, 15) is 4.79 Å². The molecule has 7 heteroatoms. The monoisotopic (exact) mass is 377 g/mol. The van der Waals surface area contributed by atoms with Crippen molar-refractivity contribution in [3.63, 3.8) is 0 Å². The van der Waals surface area contributed by atoms with E-state index < -0.39 is 0 Å².